The Kier molecular flexibility index (Phi) is 6.88. The van der Waals surface area contributed by atoms with E-state index in [1.807, 2.05) is 20.8 Å². The van der Waals surface area contributed by atoms with Crippen LogP contribution >= 0.6 is 11.6 Å². The van der Waals surface area contributed by atoms with Crippen LogP contribution in [0.3, 0.4) is 0 Å². The highest BCUT2D eigenvalue weighted by Crippen LogP contribution is 2.14. The van der Waals surface area contributed by atoms with E-state index in [0.717, 1.165) is 12.8 Å². The predicted molar refractivity (Wildman–Crippen MR) is 88.5 cm³/mol. The number of hydrogen-bond acceptors (Lipinski definition) is 3. The first-order chi connectivity index (χ1) is 10.2. The number of Topliss-reactive ketones (excluding diaryl/α,β-unsaturated/α-hetero) is 1. The second-order valence-corrected chi connectivity index (χ2v) is 6.73. The third-order valence-corrected chi connectivity index (χ3v) is 3.23. The van der Waals surface area contributed by atoms with Crippen molar-refractivity contribution in [3.8, 4) is 0 Å². The molecule has 1 aromatic carbocycles. The number of ether oxygens (including phenoxy) is 1. The minimum absolute atomic E-state index is 0.0717. The molecule has 22 heavy (non-hydrogen) atoms. The molecule has 0 saturated heterocycles. The summed E-state index contributed by atoms with van der Waals surface area (Å²) in [4.78, 5) is 25.3. The van der Waals surface area contributed by atoms with Crippen LogP contribution in [0.4, 0.5) is 4.79 Å². The third-order valence-electron chi connectivity index (χ3n) is 3.00. The fraction of sp³-hybridized carbons (Fsp3) is 0.529. The van der Waals surface area contributed by atoms with E-state index in [1.54, 1.807) is 31.3 Å². The van der Waals surface area contributed by atoms with Crippen molar-refractivity contribution in [2.24, 2.45) is 0 Å². The summed E-state index contributed by atoms with van der Waals surface area (Å²) in [6.07, 6.45) is 1.58. The largest absolute Gasteiger partial charge is 0.444 e. The van der Waals surface area contributed by atoms with Crippen molar-refractivity contribution in [1.82, 2.24) is 4.90 Å². The molecular weight excluding hydrogens is 302 g/mol. The molecule has 4 nitrogen and oxygen atoms in total. The zero-order valence-corrected chi connectivity index (χ0v) is 14.4. The van der Waals surface area contributed by atoms with Crippen LogP contribution in [-0.4, -0.2) is 36.0 Å². The van der Waals surface area contributed by atoms with Crippen LogP contribution in [0.1, 0.15) is 50.4 Å². The molecule has 0 unspecified atom stereocenters. The van der Waals surface area contributed by atoms with Crippen LogP contribution in [0.25, 0.3) is 0 Å². The number of amides is 1. The van der Waals surface area contributed by atoms with Gasteiger partial charge in [0.15, 0.2) is 5.78 Å². The standard InChI is InChI=1S/C17H24ClNO3/c1-17(2,3)22-16(21)19(4)11-6-5-10-15(20)13-8-7-9-14(18)12-13/h7-9,12H,5-6,10-11H2,1-4H3. The van der Waals surface area contributed by atoms with Crippen molar-refractivity contribution in [1.29, 1.82) is 0 Å². The molecule has 0 bridgehead atoms. The van der Waals surface area contributed by atoms with E-state index in [-0.39, 0.29) is 11.9 Å². The normalized spacial score (nSPS) is 11.1. The molecule has 0 aliphatic heterocycles. The lowest BCUT2D eigenvalue weighted by Gasteiger charge is -2.24. The number of benzene rings is 1. The van der Waals surface area contributed by atoms with Gasteiger partial charge in [0.1, 0.15) is 5.60 Å². The van der Waals surface area contributed by atoms with Gasteiger partial charge in [0.2, 0.25) is 0 Å². The SMILES string of the molecule is CN(CCCCC(=O)c1cccc(Cl)c1)C(=O)OC(C)(C)C. The Balaban J connectivity index is 2.30. The number of ketones is 1. The van der Waals surface area contributed by atoms with Crippen LogP contribution < -0.4 is 0 Å². The molecule has 5 heteroatoms. The van der Waals surface area contributed by atoms with E-state index in [2.05, 4.69) is 0 Å². The lowest BCUT2D eigenvalue weighted by atomic mass is 10.1. The second-order valence-electron chi connectivity index (χ2n) is 6.29. The molecule has 0 atom stereocenters. The van der Waals surface area contributed by atoms with E-state index in [9.17, 15) is 9.59 Å². The van der Waals surface area contributed by atoms with Crippen molar-refractivity contribution in [2.45, 2.75) is 45.6 Å². The molecule has 0 fully saturated rings. The number of carbonyl (C=O) groups excluding carboxylic acids is 2. The third kappa shape index (κ3) is 6.94. The van der Waals surface area contributed by atoms with Crippen LogP contribution in [0.15, 0.2) is 24.3 Å². The molecule has 122 valence electrons. The number of hydrogen-bond donors (Lipinski definition) is 0. The van der Waals surface area contributed by atoms with Gasteiger partial charge in [0, 0.05) is 30.6 Å². The summed E-state index contributed by atoms with van der Waals surface area (Å²) in [6, 6.07) is 6.96. The number of unbranched alkanes of at least 4 members (excludes halogenated alkanes) is 1. The molecule has 1 rings (SSSR count). The molecule has 0 aliphatic carbocycles. The smallest absolute Gasteiger partial charge is 0.410 e. The van der Waals surface area contributed by atoms with Crippen molar-refractivity contribution >= 4 is 23.5 Å². The maximum Gasteiger partial charge on any atom is 0.410 e. The number of nitrogens with zero attached hydrogens (tertiary/aromatic N) is 1. The summed E-state index contributed by atoms with van der Waals surface area (Å²) < 4.78 is 5.27. The Morgan fingerprint density at radius 1 is 1.23 bits per heavy atom. The van der Waals surface area contributed by atoms with Gasteiger partial charge in [0.05, 0.1) is 0 Å². The summed E-state index contributed by atoms with van der Waals surface area (Å²) >= 11 is 5.87. The molecule has 0 heterocycles. The molecule has 0 radical (unpaired) electrons. The highest BCUT2D eigenvalue weighted by atomic mass is 35.5. The highest BCUT2D eigenvalue weighted by molar-refractivity contribution is 6.31. The van der Waals surface area contributed by atoms with Gasteiger partial charge in [-0.05, 0) is 45.7 Å². The van der Waals surface area contributed by atoms with E-state index >= 15 is 0 Å². The van der Waals surface area contributed by atoms with Crippen LogP contribution in [0, 0.1) is 0 Å². The highest BCUT2D eigenvalue weighted by Gasteiger charge is 2.19. The first kappa shape index (κ1) is 18.5. The van der Waals surface area contributed by atoms with Crippen LogP contribution in [0.2, 0.25) is 5.02 Å². The summed E-state index contributed by atoms with van der Waals surface area (Å²) in [6.45, 7) is 6.07. The van der Waals surface area contributed by atoms with Gasteiger partial charge in [0.25, 0.3) is 0 Å². The zero-order valence-electron chi connectivity index (χ0n) is 13.7. The Morgan fingerprint density at radius 2 is 1.91 bits per heavy atom. The van der Waals surface area contributed by atoms with E-state index < -0.39 is 5.60 Å². The zero-order chi connectivity index (χ0) is 16.8. The summed E-state index contributed by atoms with van der Waals surface area (Å²) in [5.74, 6) is 0.0717. The average molecular weight is 326 g/mol. The second kappa shape index (κ2) is 8.18. The maximum absolute atomic E-state index is 12.0. The van der Waals surface area contributed by atoms with Gasteiger partial charge in [-0.1, -0.05) is 23.7 Å². The Labute approximate surface area is 137 Å². The minimum Gasteiger partial charge on any atom is -0.444 e. The number of rotatable bonds is 6. The van der Waals surface area contributed by atoms with Gasteiger partial charge in [-0.3, -0.25) is 4.79 Å². The van der Waals surface area contributed by atoms with Crippen LogP contribution in [0.5, 0.6) is 0 Å². The molecule has 0 spiro atoms. The number of halogens is 1. The first-order valence-electron chi connectivity index (χ1n) is 7.42. The van der Waals surface area contributed by atoms with Crippen molar-refractivity contribution in [3.05, 3.63) is 34.9 Å². The predicted octanol–water partition coefficient (Wildman–Crippen LogP) is 4.56. The first-order valence-corrected chi connectivity index (χ1v) is 7.80. The maximum atomic E-state index is 12.0. The fourth-order valence-corrected chi connectivity index (χ4v) is 2.06. The minimum atomic E-state index is -0.492. The van der Waals surface area contributed by atoms with Gasteiger partial charge in [-0.2, -0.15) is 0 Å². The van der Waals surface area contributed by atoms with Gasteiger partial charge < -0.3 is 9.64 Å². The van der Waals surface area contributed by atoms with Crippen molar-refractivity contribution in [2.75, 3.05) is 13.6 Å². The Hall–Kier alpha value is -1.55. The van der Waals surface area contributed by atoms with E-state index in [0.29, 0.717) is 23.6 Å². The van der Waals surface area contributed by atoms with Gasteiger partial charge in [-0.25, -0.2) is 4.79 Å². The molecule has 0 aliphatic rings. The average Bonchev–Trinajstić information content (AvgIpc) is 2.41. The lowest BCUT2D eigenvalue weighted by Crippen LogP contribution is -2.34. The molecule has 1 amide bonds. The van der Waals surface area contributed by atoms with Crippen molar-refractivity contribution < 1.29 is 14.3 Å². The summed E-state index contributed by atoms with van der Waals surface area (Å²) in [7, 11) is 1.70. The fourth-order valence-electron chi connectivity index (χ4n) is 1.87. The van der Waals surface area contributed by atoms with Gasteiger partial charge in [-0.15, -0.1) is 0 Å². The summed E-state index contributed by atoms with van der Waals surface area (Å²) in [5.41, 5.74) is 0.140. The summed E-state index contributed by atoms with van der Waals surface area (Å²) in [5, 5.41) is 0.565. The quantitative estimate of drug-likeness (QED) is 0.569. The van der Waals surface area contributed by atoms with E-state index in [1.165, 1.54) is 4.90 Å². The molecule has 1 aromatic rings. The Bertz CT molecular complexity index is 523. The van der Waals surface area contributed by atoms with Crippen LogP contribution in [-0.2, 0) is 4.74 Å². The van der Waals surface area contributed by atoms with E-state index in [4.69, 9.17) is 16.3 Å². The Morgan fingerprint density at radius 3 is 2.50 bits per heavy atom. The molecule has 0 saturated carbocycles. The molecule has 0 aromatic heterocycles. The monoisotopic (exact) mass is 325 g/mol. The number of carbonyl (C=O) groups is 2. The van der Waals surface area contributed by atoms with Gasteiger partial charge >= 0.3 is 6.09 Å². The lowest BCUT2D eigenvalue weighted by molar-refractivity contribution is 0.0296. The molecule has 0 N–H and O–H groups in total. The topological polar surface area (TPSA) is 46.6 Å². The molecular formula is C17H24ClNO3. The van der Waals surface area contributed by atoms with Crippen molar-refractivity contribution in [3.63, 3.8) is 0 Å².